The van der Waals surface area contributed by atoms with Gasteiger partial charge < -0.3 is 9.47 Å². The van der Waals surface area contributed by atoms with Crippen LogP contribution in [0.5, 0.6) is 11.5 Å². The highest BCUT2D eigenvalue weighted by molar-refractivity contribution is 14.1. The Bertz CT molecular complexity index is 382. The Morgan fingerprint density at radius 2 is 1.81 bits per heavy atom. The van der Waals surface area contributed by atoms with Crippen LogP contribution in [0, 0.1) is 3.57 Å². The summed E-state index contributed by atoms with van der Waals surface area (Å²) in [7, 11) is 2.70. The second kappa shape index (κ2) is 5.35. The first-order valence-electron chi connectivity index (χ1n) is 4.04. The molecule has 0 aromatic heterocycles. The van der Waals surface area contributed by atoms with E-state index in [1.54, 1.807) is 6.07 Å². The van der Waals surface area contributed by atoms with Gasteiger partial charge in [0, 0.05) is 3.57 Å². The third kappa shape index (κ3) is 3.62. The number of alkyl halides is 3. The van der Waals surface area contributed by atoms with Gasteiger partial charge in [0.25, 0.3) is 0 Å². The number of ether oxygens (including phenoxy) is 2. The van der Waals surface area contributed by atoms with E-state index in [1.807, 2.05) is 22.6 Å². The van der Waals surface area contributed by atoms with E-state index in [9.17, 15) is 13.2 Å². The van der Waals surface area contributed by atoms with E-state index in [0.29, 0.717) is 9.32 Å². The summed E-state index contributed by atoms with van der Waals surface area (Å²) in [6.45, 7) is 0. The number of rotatable bonds is 3. The molecule has 0 unspecified atom stereocenters. The summed E-state index contributed by atoms with van der Waals surface area (Å²) in [5.74, 6) is 0.395. The molecule has 0 N–H and O–H groups in total. The normalized spacial score (nSPS) is 11.4. The third-order valence-corrected chi connectivity index (χ3v) is 3.01. The molecule has 16 heavy (non-hydrogen) atoms. The molecular formula is C9H8F3IO2S. The van der Waals surface area contributed by atoms with Crippen molar-refractivity contribution in [2.45, 2.75) is 10.4 Å². The van der Waals surface area contributed by atoms with Crippen molar-refractivity contribution in [2.24, 2.45) is 0 Å². The van der Waals surface area contributed by atoms with Gasteiger partial charge in [0.1, 0.15) is 0 Å². The van der Waals surface area contributed by atoms with Crippen molar-refractivity contribution in [3.05, 3.63) is 15.7 Å². The number of hydrogen-bond acceptors (Lipinski definition) is 3. The molecule has 90 valence electrons. The van der Waals surface area contributed by atoms with Crippen molar-refractivity contribution in [3.8, 4) is 11.5 Å². The highest BCUT2D eigenvalue weighted by Crippen LogP contribution is 2.45. The Morgan fingerprint density at radius 1 is 1.19 bits per heavy atom. The molecule has 0 saturated carbocycles. The topological polar surface area (TPSA) is 18.5 Å². The largest absolute Gasteiger partial charge is 0.493 e. The van der Waals surface area contributed by atoms with E-state index in [0.717, 1.165) is 0 Å². The standard InChI is InChI=1S/C9H8F3IO2S/c1-14-6-3-5(13)4-7(8(6)15-2)16-9(10,11)12/h3-4H,1-2H3. The lowest BCUT2D eigenvalue weighted by Crippen LogP contribution is -2.01. The number of hydrogen-bond donors (Lipinski definition) is 0. The third-order valence-electron chi connectivity index (χ3n) is 1.64. The van der Waals surface area contributed by atoms with Crippen LogP contribution in [-0.2, 0) is 0 Å². The van der Waals surface area contributed by atoms with E-state index in [-0.39, 0.29) is 22.4 Å². The van der Waals surface area contributed by atoms with E-state index in [4.69, 9.17) is 9.47 Å². The van der Waals surface area contributed by atoms with E-state index in [1.165, 1.54) is 20.3 Å². The maximum Gasteiger partial charge on any atom is 0.446 e. The molecule has 0 heterocycles. The molecule has 0 amide bonds. The maximum absolute atomic E-state index is 12.3. The lowest BCUT2D eigenvalue weighted by atomic mass is 10.3. The first-order chi connectivity index (χ1) is 7.37. The zero-order valence-electron chi connectivity index (χ0n) is 8.39. The highest BCUT2D eigenvalue weighted by atomic mass is 127. The molecule has 0 spiro atoms. The van der Waals surface area contributed by atoms with Crippen molar-refractivity contribution in [1.29, 1.82) is 0 Å². The van der Waals surface area contributed by atoms with Crippen LogP contribution in [-0.4, -0.2) is 19.7 Å². The van der Waals surface area contributed by atoms with Gasteiger partial charge in [-0.3, -0.25) is 0 Å². The molecule has 2 nitrogen and oxygen atoms in total. The van der Waals surface area contributed by atoms with Crippen LogP contribution in [0.1, 0.15) is 0 Å². The molecule has 0 aliphatic rings. The molecule has 0 bridgehead atoms. The fourth-order valence-corrected chi connectivity index (χ4v) is 2.62. The van der Waals surface area contributed by atoms with Crippen LogP contribution >= 0.6 is 34.4 Å². The first-order valence-corrected chi connectivity index (χ1v) is 5.94. The predicted molar refractivity (Wildman–Crippen MR) is 64.2 cm³/mol. The Balaban J connectivity index is 3.20. The van der Waals surface area contributed by atoms with Crippen molar-refractivity contribution >= 4 is 34.4 Å². The summed E-state index contributed by atoms with van der Waals surface area (Å²) < 4.78 is 47.4. The maximum atomic E-state index is 12.3. The molecular weight excluding hydrogens is 356 g/mol. The molecule has 0 aliphatic heterocycles. The zero-order valence-corrected chi connectivity index (χ0v) is 11.4. The quantitative estimate of drug-likeness (QED) is 0.599. The van der Waals surface area contributed by atoms with Gasteiger partial charge in [0.2, 0.25) is 0 Å². The van der Waals surface area contributed by atoms with E-state index >= 15 is 0 Å². The van der Waals surface area contributed by atoms with Gasteiger partial charge >= 0.3 is 5.51 Å². The summed E-state index contributed by atoms with van der Waals surface area (Å²) in [5, 5.41) is 0. The second-order valence-electron chi connectivity index (χ2n) is 2.69. The minimum Gasteiger partial charge on any atom is -0.493 e. The summed E-state index contributed by atoms with van der Waals surface area (Å²) >= 11 is 1.71. The van der Waals surface area contributed by atoms with Crippen LogP contribution in [0.15, 0.2) is 17.0 Å². The number of halogens is 4. The summed E-state index contributed by atoms with van der Waals surface area (Å²) in [5.41, 5.74) is -4.34. The molecule has 1 rings (SSSR count). The van der Waals surface area contributed by atoms with Crippen LogP contribution in [0.4, 0.5) is 13.2 Å². The Kier molecular flexibility index (Phi) is 4.60. The zero-order chi connectivity index (χ0) is 12.3. The van der Waals surface area contributed by atoms with Crippen molar-refractivity contribution in [3.63, 3.8) is 0 Å². The molecule has 1 aromatic rings. The van der Waals surface area contributed by atoms with Crippen molar-refractivity contribution < 1.29 is 22.6 Å². The van der Waals surface area contributed by atoms with Gasteiger partial charge in [-0.05, 0) is 46.5 Å². The van der Waals surface area contributed by atoms with Crippen molar-refractivity contribution in [2.75, 3.05) is 14.2 Å². The average molecular weight is 364 g/mol. The molecule has 7 heteroatoms. The molecule has 1 aromatic carbocycles. The highest BCUT2D eigenvalue weighted by Gasteiger charge is 2.31. The van der Waals surface area contributed by atoms with E-state index < -0.39 is 5.51 Å². The second-order valence-corrected chi connectivity index (χ2v) is 5.04. The summed E-state index contributed by atoms with van der Waals surface area (Å²) in [4.78, 5) is -0.00116. The number of benzene rings is 1. The van der Waals surface area contributed by atoms with Crippen LogP contribution in [0.3, 0.4) is 0 Å². The Labute approximate surface area is 109 Å². The van der Waals surface area contributed by atoms with Crippen LogP contribution in [0.25, 0.3) is 0 Å². The fraction of sp³-hybridized carbons (Fsp3) is 0.333. The van der Waals surface area contributed by atoms with Gasteiger partial charge in [-0.25, -0.2) is 0 Å². The van der Waals surface area contributed by atoms with Gasteiger partial charge in [-0.2, -0.15) is 13.2 Å². The lowest BCUT2D eigenvalue weighted by Gasteiger charge is -2.14. The predicted octanol–water partition coefficient (Wildman–Crippen LogP) is 3.92. The van der Waals surface area contributed by atoms with Gasteiger partial charge in [-0.1, -0.05) is 0 Å². The lowest BCUT2D eigenvalue weighted by molar-refractivity contribution is -0.0328. The fourth-order valence-electron chi connectivity index (χ4n) is 1.10. The van der Waals surface area contributed by atoms with Crippen LogP contribution in [0.2, 0.25) is 0 Å². The van der Waals surface area contributed by atoms with Crippen LogP contribution < -0.4 is 9.47 Å². The van der Waals surface area contributed by atoms with E-state index in [2.05, 4.69) is 0 Å². The Morgan fingerprint density at radius 3 is 2.25 bits per heavy atom. The monoisotopic (exact) mass is 364 g/mol. The summed E-state index contributed by atoms with van der Waals surface area (Å²) in [6.07, 6.45) is 0. The minimum absolute atomic E-state index is 0.00116. The molecule has 0 aliphatic carbocycles. The minimum atomic E-state index is -4.34. The molecule has 0 fully saturated rings. The number of methoxy groups -OCH3 is 2. The van der Waals surface area contributed by atoms with Gasteiger partial charge in [0.15, 0.2) is 11.5 Å². The first kappa shape index (κ1) is 13.8. The molecule has 0 saturated heterocycles. The van der Waals surface area contributed by atoms with Gasteiger partial charge in [0.05, 0.1) is 19.1 Å². The van der Waals surface area contributed by atoms with Gasteiger partial charge in [-0.15, -0.1) is 0 Å². The SMILES string of the molecule is COc1cc(I)cc(SC(F)(F)F)c1OC. The summed E-state index contributed by atoms with van der Waals surface area (Å²) in [6, 6.07) is 3.01. The molecule has 0 radical (unpaired) electrons. The molecule has 0 atom stereocenters. The Hall–Kier alpha value is -0.310. The average Bonchev–Trinajstić information content (AvgIpc) is 2.14. The van der Waals surface area contributed by atoms with Crippen molar-refractivity contribution in [1.82, 2.24) is 0 Å². The smallest absolute Gasteiger partial charge is 0.446 e. The number of thioether (sulfide) groups is 1.